The Balaban J connectivity index is 1.40. The van der Waals surface area contributed by atoms with Crippen LogP contribution < -0.4 is 9.47 Å². The van der Waals surface area contributed by atoms with Crippen LogP contribution in [0.15, 0.2) is 48.5 Å². The number of rotatable bonds is 5. The molecule has 3 aliphatic rings. The summed E-state index contributed by atoms with van der Waals surface area (Å²) in [6.45, 7) is 6.79. The molecule has 1 N–H and O–H groups in total. The van der Waals surface area contributed by atoms with E-state index in [0.717, 1.165) is 63.0 Å². The number of ether oxygens (including phenoxy) is 3. The summed E-state index contributed by atoms with van der Waals surface area (Å²) in [5.74, 6) is 1.59. The Bertz CT molecular complexity index is 840. The Morgan fingerprint density at radius 3 is 2.59 bits per heavy atom. The van der Waals surface area contributed by atoms with Crippen LogP contribution in [-0.2, 0) is 16.9 Å². The second-order valence-electron chi connectivity index (χ2n) is 8.26. The van der Waals surface area contributed by atoms with E-state index in [0.29, 0.717) is 6.54 Å². The first-order valence-electron chi connectivity index (χ1n) is 10.4. The van der Waals surface area contributed by atoms with Gasteiger partial charge in [-0.1, -0.05) is 36.4 Å². The predicted molar refractivity (Wildman–Crippen MR) is 109 cm³/mol. The smallest absolute Gasteiger partial charge is 0.231 e. The third-order valence-electron chi connectivity index (χ3n) is 6.32. The second-order valence-corrected chi connectivity index (χ2v) is 8.26. The lowest BCUT2D eigenvalue weighted by molar-refractivity contribution is -0.0238. The first-order valence-corrected chi connectivity index (χ1v) is 10.4. The van der Waals surface area contributed by atoms with Gasteiger partial charge in [-0.05, 0) is 23.3 Å². The molecule has 0 spiro atoms. The number of fused-ring (bicyclic) bond motifs is 1. The summed E-state index contributed by atoms with van der Waals surface area (Å²) in [6, 6.07) is 16.3. The number of hydrogen-bond donors (Lipinski definition) is 1. The van der Waals surface area contributed by atoms with Gasteiger partial charge in [-0.2, -0.15) is 0 Å². The van der Waals surface area contributed by atoms with E-state index >= 15 is 0 Å². The molecule has 3 aliphatic heterocycles. The number of benzene rings is 2. The summed E-state index contributed by atoms with van der Waals surface area (Å²) in [6.07, 6.45) is 0. The van der Waals surface area contributed by atoms with Gasteiger partial charge in [0.15, 0.2) is 11.5 Å². The molecule has 0 saturated carbocycles. The second kappa shape index (κ2) is 7.95. The molecule has 2 fully saturated rings. The molecule has 6 nitrogen and oxygen atoms in total. The molecule has 2 aromatic rings. The summed E-state index contributed by atoms with van der Waals surface area (Å²) in [5, 5.41) is 11.9. The largest absolute Gasteiger partial charge is 0.454 e. The van der Waals surface area contributed by atoms with Gasteiger partial charge in [-0.3, -0.25) is 9.80 Å². The molecule has 2 saturated heterocycles. The van der Waals surface area contributed by atoms with Gasteiger partial charge in [-0.25, -0.2) is 0 Å². The summed E-state index contributed by atoms with van der Waals surface area (Å²) in [4.78, 5) is 4.78. The highest BCUT2D eigenvalue weighted by atomic mass is 16.7. The lowest BCUT2D eigenvalue weighted by Gasteiger charge is -2.35. The number of likely N-dealkylation sites (tertiary alicyclic amines) is 1. The van der Waals surface area contributed by atoms with E-state index in [9.17, 15) is 5.11 Å². The molecular formula is C23H28N2O4. The van der Waals surface area contributed by atoms with Crippen LogP contribution >= 0.6 is 0 Å². The maximum atomic E-state index is 11.9. The SMILES string of the molecule is OC1(c2ccc3c(c2)OCO3)CN(Cc2ccccc2)CC1CN1CCOCC1. The van der Waals surface area contributed by atoms with Gasteiger partial charge in [-0.15, -0.1) is 0 Å². The van der Waals surface area contributed by atoms with Crippen LogP contribution in [0.2, 0.25) is 0 Å². The van der Waals surface area contributed by atoms with Crippen LogP contribution in [0.1, 0.15) is 11.1 Å². The van der Waals surface area contributed by atoms with Gasteiger partial charge in [0.05, 0.1) is 13.2 Å². The van der Waals surface area contributed by atoms with E-state index in [-0.39, 0.29) is 12.7 Å². The molecule has 0 amide bonds. The standard InChI is InChI=1S/C23H28N2O4/c26-23(19-6-7-21-22(12-19)29-17-28-21)16-25(13-18-4-2-1-3-5-18)15-20(23)14-24-8-10-27-11-9-24/h1-7,12,20,26H,8-11,13-17H2. The van der Waals surface area contributed by atoms with Crippen molar-refractivity contribution in [2.75, 3.05) is 52.7 Å². The Morgan fingerprint density at radius 2 is 1.76 bits per heavy atom. The minimum Gasteiger partial charge on any atom is -0.454 e. The maximum Gasteiger partial charge on any atom is 0.231 e. The van der Waals surface area contributed by atoms with E-state index in [2.05, 4.69) is 34.1 Å². The van der Waals surface area contributed by atoms with Gasteiger partial charge in [0.25, 0.3) is 0 Å². The van der Waals surface area contributed by atoms with Crippen LogP contribution in [0.3, 0.4) is 0 Å². The fourth-order valence-electron chi connectivity index (χ4n) is 4.76. The topological polar surface area (TPSA) is 54.4 Å². The van der Waals surface area contributed by atoms with Crippen molar-refractivity contribution in [3.63, 3.8) is 0 Å². The van der Waals surface area contributed by atoms with Crippen molar-refractivity contribution in [3.05, 3.63) is 59.7 Å². The maximum absolute atomic E-state index is 11.9. The number of β-amino-alcohol motifs (C(OH)–C–C–N with tert-alkyl or cyclic N) is 1. The summed E-state index contributed by atoms with van der Waals surface area (Å²) < 4.78 is 16.5. The van der Waals surface area contributed by atoms with E-state index in [1.54, 1.807) is 0 Å². The quantitative estimate of drug-likeness (QED) is 0.835. The average Bonchev–Trinajstić information content (AvgIpc) is 3.34. The molecule has 2 atom stereocenters. The van der Waals surface area contributed by atoms with Crippen LogP contribution in [0.25, 0.3) is 0 Å². The first-order chi connectivity index (χ1) is 14.2. The summed E-state index contributed by atoms with van der Waals surface area (Å²) >= 11 is 0. The molecule has 29 heavy (non-hydrogen) atoms. The molecule has 2 aromatic carbocycles. The lowest BCUT2D eigenvalue weighted by Crippen LogP contribution is -2.45. The molecule has 154 valence electrons. The number of nitrogens with zero attached hydrogens (tertiary/aromatic N) is 2. The Labute approximate surface area is 171 Å². The normalized spacial score (nSPS) is 27.4. The molecule has 3 heterocycles. The van der Waals surface area contributed by atoms with Crippen LogP contribution in [-0.4, -0.2) is 67.6 Å². The number of morpholine rings is 1. The van der Waals surface area contributed by atoms with Crippen molar-refractivity contribution in [3.8, 4) is 11.5 Å². The molecular weight excluding hydrogens is 368 g/mol. The van der Waals surface area contributed by atoms with E-state index < -0.39 is 5.60 Å². The van der Waals surface area contributed by atoms with Gasteiger partial charge in [0.2, 0.25) is 6.79 Å². The number of hydrogen-bond acceptors (Lipinski definition) is 6. The predicted octanol–water partition coefficient (Wildman–Crippen LogP) is 2.07. The summed E-state index contributed by atoms with van der Waals surface area (Å²) in [7, 11) is 0. The third-order valence-corrected chi connectivity index (χ3v) is 6.32. The van der Waals surface area contributed by atoms with Gasteiger partial charge in [0, 0.05) is 45.2 Å². The zero-order valence-corrected chi connectivity index (χ0v) is 16.6. The summed E-state index contributed by atoms with van der Waals surface area (Å²) in [5.41, 5.74) is 1.26. The highest BCUT2D eigenvalue weighted by Gasteiger charge is 2.47. The van der Waals surface area contributed by atoms with E-state index in [4.69, 9.17) is 14.2 Å². The van der Waals surface area contributed by atoms with Crippen molar-refractivity contribution >= 4 is 0 Å². The first kappa shape index (κ1) is 18.9. The molecule has 6 heteroatoms. The minimum absolute atomic E-state index is 0.115. The fraction of sp³-hybridized carbons (Fsp3) is 0.478. The Morgan fingerprint density at radius 1 is 0.966 bits per heavy atom. The molecule has 0 radical (unpaired) electrons. The van der Waals surface area contributed by atoms with Gasteiger partial charge >= 0.3 is 0 Å². The van der Waals surface area contributed by atoms with Crippen molar-refractivity contribution in [1.29, 1.82) is 0 Å². The van der Waals surface area contributed by atoms with Crippen LogP contribution in [0.5, 0.6) is 11.5 Å². The number of aliphatic hydroxyl groups is 1. The highest BCUT2D eigenvalue weighted by molar-refractivity contribution is 5.46. The minimum atomic E-state index is -0.923. The molecule has 0 aromatic heterocycles. The van der Waals surface area contributed by atoms with Crippen molar-refractivity contribution < 1.29 is 19.3 Å². The van der Waals surface area contributed by atoms with E-state index in [1.807, 2.05) is 24.3 Å². The molecule has 2 unspecified atom stereocenters. The fourth-order valence-corrected chi connectivity index (χ4v) is 4.76. The van der Waals surface area contributed by atoms with E-state index in [1.165, 1.54) is 5.56 Å². The van der Waals surface area contributed by atoms with Crippen molar-refractivity contribution in [1.82, 2.24) is 9.80 Å². The Kier molecular flexibility index (Phi) is 5.18. The third kappa shape index (κ3) is 3.85. The van der Waals surface area contributed by atoms with Gasteiger partial charge in [0.1, 0.15) is 5.60 Å². The van der Waals surface area contributed by atoms with Crippen molar-refractivity contribution in [2.45, 2.75) is 12.1 Å². The molecule has 0 aliphatic carbocycles. The molecule has 5 rings (SSSR count). The molecule has 0 bridgehead atoms. The van der Waals surface area contributed by atoms with Crippen LogP contribution in [0, 0.1) is 5.92 Å². The zero-order valence-electron chi connectivity index (χ0n) is 16.6. The van der Waals surface area contributed by atoms with Crippen molar-refractivity contribution in [2.24, 2.45) is 5.92 Å². The average molecular weight is 396 g/mol. The monoisotopic (exact) mass is 396 g/mol. The zero-order chi connectivity index (χ0) is 19.7. The highest BCUT2D eigenvalue weighted by Crippen LogP contribution is 2.42. The van der Waals surface area contributed by atoms with Gasteiger partial charge < -0.3 is 19.3 Å². The Hall–Kier alpha value is -2.12. The lowest BCUT2D eigenvalue weighted by atomic mass is 9.83. The van der Waals surface area contributed by atoms with Crippen LogP contribution in [0.4, 0.5) is 0 Å².